The van der Waals surface area contributed by atoms with Crippen molar-refractivity contribution in [2.24, 2.45) is 0 Å². The Kier molecular flexibility index (Phi) is 3.25. The van der Waals surface area contributed by atoms with Crippen molar-refractivity contribution in [3.63, 3.8) is 0 Å². The van der Waals surface area contributed by atoms with Crippen LogP contribution in [0.1, 0.15) is 12.5 Å². The molecule has 20 heavy (non-hydrogen) atoms. The van der Waals surface area contributed by atoms with E-state index in [1.165, 1.54) is 0 Å². The third kappa shape index (κ3) is 2.18. The van der Waals surface area contributed by atoms with Crippen molar-refractivity contribution in [1.82, 2.24) is 9.97 Å². The number of imidazole rings is 1. The van der Waals surface area contributed by atoms with Crippen molar-refractivity contribution in [2.75, 3.05) is 6.61 Å². The van der Waals surface area contributed by atoms with Crippen LogP contribution in [-0.4, -0.2) is 16.6 Å². The summed E-state index contributed by atoms with van der Waals surface area (Å²) in [6.07, 6.45) is 1.82. The summed E-state index contributed by atoms with van der Waals surface area (Å²) >= 11 is 0. The summed E-state index contributed by atoms with van der Waals surface area (Å²) in [5, 5.41) is 0. The number of para-hydroxylation sites is 2. The molecule has 0 atom stereocenters. The van der Waals surface area contributed by atoms with Gasteiger partial charge in [-0.15, -0.1) is 0 Å². The molecule has 3 aromatic rings. The highest BCUT2D eigenvalue weighted by Gasteiger charge is 2.11. The molecule has 3 rings (SSSR count). The number of hydrogen-bond donors (Lipinski definition) is 1. The van der Waals surface area contributed by atoms with Crippen molar-refractivity contribution in [1.29, 1.82) is 0 Å². The molecule has 0 aliphatic rings. The van der Waals surface area contributed by atoms with Gasteiger partial charge in [0, 0.05) is 0 Å². The molecule has 0 radical (unpaired) electrons. The second-order valence-electron chi connectivity index (χ2n) is 4.50. The quantitative estimate of drug-likeness (QED) is 0.764. The Labute approximate surface area is 117 Å². The largest absolute Gasteiger partial charge is 0.493 e. The van der Waals surface area contributed by atoms with Crippen LogP contribution in [0.15, 0.2) is 49.0 Å². The lowest BCUT2D eigenvalue weighted by Crippen LogP contribution is -1.95. The van der Waals surface area contributed by atoms with Crippen LogP contribution in [0.2, 0.25) is 0 Å². The summed E-state index contributed by atoms with van der Waals surface area (Å²) in [4.78, 5) is 7.97. The highest BCUT2D eigenvalue weighted by atomic mass is 16.5. The van der Waals surface area contributed by atoms with E-state index in [-0.39, 0.29) is 0 Å². The smallest absolute Gasteiger partial charge is 0.142 e. The van der Waals surface area contributed by atoms with Crippen LogP contribution in [0, 0.1) is 0 Å². The second-order valence-corrected chi connectivity index (χ2v) is 4.50. The van der Waals surface area contributed by atoms with Gasteiger partial charge in [0.05, 0.1) is 23.2 Å². The Morgan fingerprint density at radius 1 is 1.25 bits per heavy atom. The Balaban J connectivity index is 2.17. The van der Waals surface area contributed by atoms with Crippen LogP contribution in [-0.2, 0) is 0 Å². The van der Waals surface area contributed by atoms with Crippen molar-refractivity contribution in [3.05, 3.63) is 54.6 Å². The van der Waals surface area contributed by atoms with Gasteiger partial charge in [-0.2, -0.15) is 0 Å². The minimum absolute atomic E-state index is 0.626. The lowest BCUT2D eigenvalue weighted by Gasteiger charge is -2.09. The lowest BCUT2D eigenvalue weighted by molar-refractivity contribution is 0.341. The molecule has 1 N–H and O–H groups in total. The van der Waals surface area contributed by atoms with Crippen LogP contribution >= 0.6 is 0 Å². The number of rotatable bonds is 4. The molecule has 0 aliphatic carbocycles. The Hall–Kier alpha value is -2.55. The summed E-state index contributed by atoms with van der Waals surface area (Å²) in [5.74, 6) is 1.65. The lowest BCUT2D eigenvalue weighted by atomic mass is 10.1. The van der Waals surface area contributed by atoms with Crippen LogP contribution in [0.3, 0.4) is 0 Å². The van der Waals surface area contributed by atoms with Gasteiger partial charge in [-0.3, -0.25) is 0 Å². The maximum Gasteiger partial charge on any atom is 0.142 e. The summed E-state index contributed by atoms with van der Waals surface area (Å²) < 4.78 is 5.69. The van der Waals surface area contributed by atoms with E-state index in [4.69, 9.17) is 4.74 Å². The zero-order chi connectivity index (χ0) is 13.9. The van der Waals surface area contributed by atoms with E-state index in [9.17, 15) is 0 Å². The first-order chi connectivity index (χ1) is 9.81. The molecule has 3 nitrogen and oxygen atoms in total. The van der Waals surface area contributed by atoms with Gasteiger partial charge >= 0.3 is 0 Å². The molecular weight excluding hydrogens is 248 g/mol. The minimum Gasteiger partial charge on any atom is -0.493 e. The fourth-order valence-corrected chi connectivity index (χ4v) is 2.22. The maximum absolute atomic E-state index is 5.69. The fourth-order valence-electron chi connectivity index (χ4n) is 2.22. The molecule has 0 fully saturated rings. The van der Waals surface area contributed by atoms with Crippen LogP contribution in [0.25, 0.3) is 28.5 Å². The predicted octanol–water partition coefficient (Wildman–Crippen LogP) is 4.27. The van der Waals surface area contributed by atoms with Crippen molar-refractivity contribution in [2.45, 2.75) is 6.92 Å². The van der Waals surface area contributed by atoms with Crippen LogP contribution in [0.5, 0.6) is 5.75 Å². The predicted molar refractivity (Wildman–Crippen MR) is 82.8 cm³/mol. The molecule has 2 aromatic carbocycles. The number of fused-ring (bicyclic) bond motifs is 1. The van der Waals surface area contributed by atoms with Crippen LogP contribution in [0.4, 0.5) is 0 Å². The normalized spacial score (nSPS) is 10.7. The molecule has 0 aliphatic heterocycles. The maximum atomic E-state index is 5.69. The molecule has 0 spiro atoms. The molecule has 1 heterocycles. The number of ether oxygens (including phenoxy) is 1. The zero-order valence-electron chi connectivity index (χ0n) is 11.4. The van der Waals surface area contributed by atoms with Crippen LogP contribution < -0.4 is 4.74 Å². The highest BCUT2D eigenvalue weighted by molar-refractivity contribution is 5.81. The van der Waals surface area contributed by atoms with Gasteiger partial charge < -0.3 is 9.72 Å². The Morgan fingerprint density at radius 2 is 2.10 bits per heavy atom. The van der Waals surface area contributed by atoms with Crippen molar-refractivity contribution >= 4 is 17.1 Å². The third-order valence-electron chi connectivity index (χ3n) is 3.18. The van der Waals surface area contributed by atoms with Gasteiger partial charge in [-0.1, -0.05) is 30.9 Å². The molecule has 0 unspecified atom stereocenters. The van der Waals surface area contributed by atoms with Crippen molar-refractivity contribution in [3.8, 4) is 17.1 Å². The first-order valence-corrected chi connectivity index (χ1v) is 6.66. The van der Waals surface area contributed by atoms with E-state index in [0.29, 0.717) is 6.61 Å². The average Bonchev–Trinajstić information content (AvgIpc) is 2.91. The Morgan fingerprint density at radius 3 is 2.85 bits per heavy atom. The number of H-pyrrole nitrogens is 1. The molecule has 1 aromatic heterocycles. The van der Waals surface area contributed by atoms with Gasteiger partial charge in [0.15, 0.2) is 0 Å². The fraction of sp³-hybridized carbons (Fsp3) is 0.118. The molecule has 0 saturated heterocycles. The molecule has 0 saturated carbocycles. The monoisotopic (exact) mass is 264 g/mol. The van der Waals surface area contributed by atoms with Gasteiger partial charge in [0.2, 0.25) is 0 Å². The highest BCUT2D eigenvalue weighted by Crippen LogP contribution is 2.31. The summed E-state index contributed by atoms with van der Waals surface area (Å²) in [6, 6.07) is 14.0. The standard InChI is InChI=1S/C17H16N2O/c1-3-12-9-10-16(20-4-2)13(11-12)17-18-14-7-5-6-8-15(14)19-17/h3,5-11H,1,4H2,2H3,(H,18,19). The van der Waals surface area contributed by atoms with Crippen molar-refractivity contribution < 1.29 is 4.74 Å². The molecule has 0 amide bonds. The molecule has 100 valence electrons. The SMILES string of the molecule is C=Cc1ccc(OCC)c(-c2nc3ccccc3[nH]2)c1. The number of nitrogens with one attached hydrogen (secondary N) is 1. The Bertz CT molecular complexity index is 726. The number of aromatic amines is 1. The zero-order valence-corrected chi connectivity index (χ0v) is 11.4. The first-order valence-electron chi connectivity index (χ1n) is 6.66. The van der Waals surface area contributed by atoms with Gasteiger partial charge in [-0.25, -0.2) is 4.98 Å². The second kappa shape index (κ2) is 5.21. The number of hydrogen-bond acceptors (Lipinski definition) is 2. The van der Waals surface area contributed by atoms with E-state index in [1.54, 1.807) is 0 Å². The third-order valence-corrected chi connectivity index (χ3v) is 3.18. The molecule has 0 bridgehead atoms. The van der Waals surface area contributed by atoms with E-state index in [0.717, 1.165) is 33.7 Å². The number of benzene rings is 2. The van der Waals surface area contributed by atoms with Gasteiger partial charge in [0.25, 0.3) is 0 Å². The minimum atomic E-state index is 0.626. The van der Waals surface area contributed by atoms with Gasteiger partial charge in [-0.05, 0) is 36.8 Å². The first kappa shape index (κ1) is 12.5. The molecular formula is C17H16N2O. The van der Waals surface area contributed by atoms with E-state index >= 15 is 0 Å². The number of aromatic nitrogens is 2. The van der Waals surface area contributed by atoms with E-state index < -0.39 is 0 Å². The molecule has 3 heteroatoms. The number of nitrogens with zero attached hydrogens (tertiary/aromatic N) is 1. The summed E-state index contributed by atoms with van der Waals surface area (Å²) in [7, 11) is 0. The topological polar surface area (TPSA) is 37.9 Å². The van der Waals surface area contributed by atoms with E-state index in [1.807, 2.05) is 55.5 Å². The summed E-state index contributed by atoms with van der Waals surface area (Å²) in [5.41, 5.74) is 3.98. The van der Waals surface area contributed by atoms with E-state index in [2.05, 4.69) is 16.5 Å². The summed E-state index contributed by atoms with van der Waals surface area (Å²) in [6.45, 7) is 6.41. The van der Waals surface area contributed by atoms with Gasteiger partial charge in [0.1, 0.15) is 11.6 Å². The average molecular weight is 264 g/mol.